The van der Waals surface area contributed by atoms with Crippen molar-refractivity contribution in [2.24, 2.45) is 5.73 Å². The van der Waals surface area contributed by atoms with Gasteiger partial charge in [0.1, 0.15) is 6.04 Å². The van der Waals surface area contributed by atoms with Crippen LogP contribution in [0.25, 0.3) is 0 Å². The maximum absolute atomic E-state index is 10.5. The van der Waals surface area contributed by atoms with Gasteiger partial charge in [0.2, 0.25) is 0 Å². The summed E-state index contributed by atoms with van der Waals surface area (Å²) in [5, 5.41) is 16.4. The quantitative estimate of drug-likeness (QED) is 0.354. The van der Waals surface area contributed by atoms with E-state index in [4.69, 9.17) is 15.9 Å². The van der Waals surface area contributed by atoms with Gasteiger partial charge in [-0.1, -0.05) is 0 Å². The van der Waals surface area contributed by atoms with Crippen LogP contribution in [0.3, 0.4) is 0 Å². The van der Waals surface area contributed by atoms with Crippen LogP contribution >= 0.6 is 0 Å². The first-order chi connectivity index (χ1) is 5.57. The first-order valence-electron chi connectivity index (χ1n) is 3.32. The topological polar surface area (TPSA) is 110 Å². The van der Waals surface area contributed by atoms with Crippen molar-refractivity contribution in [2.45, 2.75) is 18.9 Å². The lowest BCUT2D eigenvalue weighted by Crippen LogP contribution is -2.30. The van der Waals surface area contributed by atoms with Gasteiger partial charge >= 0.3 is 11.9 Å². The van der Waals surface area contributed by atoms with E-state index < -0.39 is 24.8 Å². The molecular formula is C6H11NO5. The summed E-state index contributed by atoms with van der Waals surface area (Å²) in [5.74, 6) is -1.82. The molecule has 12 heavy (non-hydrogen) atoms. The van der Waals surface area contributed by atoms with Crippen LogP contribution in [0.4, 0.5) is 0 Å². The molecule has 0 spiro atoms. The normalized spacial score (nSPS) is 12.2. The van der Waals surface area contributed by atoms with Gasteiger partial charge in [-0.25, -0.2) is 0 Å². The Bertz CT molecular complexity index is 169. The number of hydrogen-bond acceptors (Lipinski definition) is 5. The summed E-state index contributed by atoms with van der Waals surface area (Å²) in [4.78, 5) is 20.7. The van der Waals surface area contributed by atoms with E-state index in [0.717, 1.165) is 0 Å². The van der Waals surface area contributed by atoms with E-state index in [1.807, 2.05) is 0 Å². The van der Waals surface area contributed by atoms with E-state index in [1.54, 1.807) is 0 Å². The summed E-state index contributed by atoms with van der Waals surface area (Å²) in [5.41, 5.74) is 5.09. The van der Waals surface area contributed by atoms with Gasteiger partial charge in [-0.15, -0.1) is 0 Å². The highest BCUT2D eigenvalue weighted by molar-refractivity contribution is 5.75. The van der Waals surface area contributed by atoms with Crippen molar-refractivity contribution in [1.82, 2.24) is 0 Å². The molecule has 6 nitrogen and oxygen atoms in total. The molecule has 0 bridgehead atoms. The molecule has 70 valence electrons. The van der Waals surface area contributed by atoms with Crippen molar-refractivity contribution in [3.05, 3.63) is 0 Å². The first kappa shape index (κ1) is 10.9. The molecule has 6 heteroatoms. The molecule has 0 aromatic carbocycles. The number of aliphatic carboxylic acids is 1. The minimum atomic E-state index is -1.16. The lowest BCUT2D eigenvalue weighted by atomic mass is 10.2. The zero-order valence-corrected chi connectivity index (χ0v) is 6.40. The van der Waals surface area contributed by atoms with Crippen molar-refractivity contribution in [2.75, 3.05) is 6.79 Å². The molecule has 0 aliphatic rings. The summed E-state index contributed by atoms with van der Waals surface area (Å²) in [6.07, 6.45) is -0.0950. The van der Waals surface area contributed by atoms with E-state index >= 15 is 0 Å². The monoisotopic (exact) mass is 177 g/mol. The predicted octanol–water partition coefficient (Wildman–Crippen LogP) is -1.33. The third-order valence-corrected chi connectivity index (χ3v) is 1.20. The molecule has 0 saturated heterocycles. The number of aliphatic hydroxyl groups is 1. The molecule has 0 radical (unpaired) electrons. The van der Waals surface area contributed by atoms with Crippen LogP contribution in [-0.2, 0) is 14.3 Å². The number of esters is 1. The average Bonchev–Trinajstić information content (AvgIpc) is 2.00. The van der Waals surface area contributed by atoms with Gasteiger partial charge in [0.05, 0.1) is 0 Å². The largest absolute Gasteiger partial charge is 0.480 e. The lowest BCUT2D eigenvalue weighted by molar-refractivity contribution is -0.152. The molecule has 0 rings (SSSR count). The maximum Gasteiger partial charge on any atom is 0.320 e. The van der Waals surface area contributed by atoms with Crippen LogP contribution in [0.15, 0.2) is 0 Å². The van der Waals surface area contributed by atoms with Gasteiger partial charge in [-0.05, 0) is 6.42 Å². The summed E-state index contributed by atoms with van der Waals surface area (Å²) in [6.45, 7) is -0.693. The molecule has 0 fully saturated rings. The fourth-order valence-electron chi connectivity index (χ4n) is 0.541. The minimum absolute atomic E-state index is 0.00810. The second kappa shape index (κ2) is 5.50. The highest BCUT2D eigenvalue weighted by Crippen LogP contribution is 1.96. The Balaban J connectivity index is 3.54. The zero-order valence-electron chi connectivity index (χ0n) is 6.40. The number of nitrogens with two attached hydrogens (primary N) is 1. The van der Waals surface area contributed by atoms with Gasteiger partial charge in [-0.2, -0.15) is 0 Å². The Hall–Kier alpha value is -1.14. The van der Waals surface area contributed by atoms with E-state index in [1.165, 1.54) is 0 Å². The summed E-state index contributed by atoms with van der Waals surface area (Å²) < 4.78 is 4.14. The van der Waals surface area contributed by atoms with E-state index in [-0.39, 0.29) is 12.8 Å². The highest BCUT2D eigenvalue weighted by atomic mass is 16.6. The second-order valence-electron chi connectivity index (χ2n) is 2.13. The Kier molecular flexibility index (Phi) is 4.98. The Morgan fingerprint density at radius 3 is 2.50 bits per heavy atom. The Morgan fingerprint density at radius 1 is 1.50 bits per heavy atom. The molecule has 0 aromatic rings. The number of ether oxygens (including phenoxy) is 1. The SMILES string of the molecule is N[C@@H](CCC(=O)OCO)C(=O)O. The molecule has 1 atom stereocenters. The number of carbonyl (C=O) groups is 2. The Morgan fingerprint density at radius 2 is 2.08 bits per heavy atom. The third kappa shape index (κ3) is 4.64. The molecular weight excluding hydrogens is 166 g/mol. The summed E-state index contributed by atoms with van der Waals surface area (Å²) >= 11 is 0. The second-order valence-corrected chi connectivity index (χ2v) is 2.13. The standard InChI is InChI=1S/C6H11NO5/c7-4(6(10)11)1-2-5(9)12-3-8/h4,8H,1-3,7H2,(H,10,11)/t4-/m0/s1. The van der Waals surface area contributed by atoms with Crippen LogP contribution in [0.5, 0.6) is 0 Å². The number of carbonyl (C=O) groups excluding carboxylic acids is 1. The van der Waals surface area contributed by atoms with Crippen molar-refractivity contribution in [3.63, 3.8) is 0 Å². The summed E-state index contributed by atoms with van der Waals surface area (Å²) in [6, 6.07) is -1.06. The maximum atomic E-state index is 10.5. The van der Waals surface area contributed by atoms with Crippen LogP contribution in [0.2, 0.25) is 0 Å². The first-order valence-corrected chi connectivity index (χ1v) is 3.32. The van der Waals surface area contributed by atoms with Gasteiger partial charge in [0.25, 0.3) is 0 Å². The highest BCUT2D eigenvalue weighted by Gasteiger charge is 2.13. The molecule has 0 aliphatic carbocycles. The number of carboxylic acids is 1. The zero-order chi connectivity index (χ0) is 9.56. The molecule has 0 unspecified atom stereocenters. The number of aliphatic hydroxyl groups excluding tert-OH is 1. The van der Waals surface area contributed by atoms with Gasteiger partial charge in [-0.3, -0.25) is 9.59 Å². The number of hydrogen-bond donors (Lipinski definition) is 3. The van der Waals surface area contributed by atoms with Crippen LogP contribution in [0, 0.1) is 0 Å². The van der Waals surface area contributed by atoms with Crippen molar-refractivity contribution >= 4 is 11.9 Å². The molecule has 0 amide bonds. The predicted molar refractivity (Wildman–Crippen MR) is 38.0 cm³/mol. The smallest absolute Gasteiger partial charge is 0.320 e. The minimum Gasteiger partial charge on any atom is -0.480 e. The van der Waals surface area contributed by atoms with Gasteiger partial charge in [0, 0.05) is 6.42 Å². The molecule has 0 aromatic heterocycles. The van der Waals surface area contributed by atoms with Crippen LogP contribution < -0.4 is 5.73 Å². The van der Waals surface area contributed by atoms with Crippen molar-refractivity contribution in [3.8, 4) is 0 Å². The average molecular weight is 177 g/mol. The van der Waals surface area contributed by atoms with Crippen LogP contribution in [-0.4, -0.2) is 35.0 Å². The summed E-state index contributed by atoms with van der Waals surface area (Å²) in [7, 11) is 0. The fourth-order valence-corrected chi connectivity index (χ4v) is 0.541. The molecule has 0 heterocycles. The third-order valence-electron chi connectivity index (χ3n) is 1.20. The fraction of sp³-hybridized carbons (Fsp3) is 0.667. The lowest BCUT2D eigenvalue weighted by Gasteiger charge is -2.04. The van der Waals surface area contributed by atoms with E-state index in [2.05, 4.69) is 4.74 Å². The van der Waals surface area contributed by atoms with Crippen molar-refractivity contribution < 1.29 is 24.5 Å². The van der Waals surface area contributed by atoms with E-state index in [9.17, 15) is 9.59 Å². The Labute approximate surface area is 68.9 Å². The molecule has 0 aliphatic heterocycles. The van der Waals surface area contributed by atoms with Gasteiger partial charge < -0.3 is 20.7 Å². The van der Waals surface area contributed by atoms with Gasteiger partial charge in [0.15, 0.2) is 6.79 Å². The number of rotatable bonds is 5. The number of carboxylic acid groups (broad SMARTS) is 1. The molecule has 4 N–H and O–H groups in total. The van der Waals surface area contributed by atoms with Crippen molar-refractivity contribution in [1.29, 1.82) is 0 Å². The van der Waals surface area contributed by atoms with E-state index in [0.29, 0.717) is 0 Å². The van der Waals surface area contributed by atoms with Crippen LogP contribution in [0.1, 0.15) is 12.8 Å². The molecule has 0 saturated carbocycles.